The maximum atomic E-state index is 12.6. The fourth-order valence-corrected chi connectivity index (χ4v) is 4.15. The minimum Gasteiger partial charge on any atom is -0.329 e. The number of aryl methyl sites for hydroxylation is 2. The highest BCUT2D eigenvalue weighted by Gasteiger charge is 2.18. The quantitative estimate of drug-likeness (QED) is 0.342. The van der Waals surface area contributed by atoms with Gasteiger partial charge in [-0.1, -0.05) is 11.6 Å². The van der Waals surface area contributed by atoms with Gasteiger partial charge in [-0.3, -0.25) is 14.9 Å². The standard InChI is InChI=1S/C20H16ClN9OS/c1-29-9-16(30(2)10-29)19(31)24-12-5-11(6-22-7-12)18-26-20(32-28-18)25-15-4-3-14-13(17(15)21)8-23-27-14/h3-10H,1-2H3,(H2-,23,24,25,26,27,28,31)/p+1. The molecule has 1 aromatic carbocycles. The number of fused-ring (bicyclic) bond motifs is 1. The van der Waals surface area contributed by atoms with Crippen LogP contribution in [0.25, 0.3) is 22.3 Å². The number of nitrogens with one attached hydrogen (secondary N) is 3. The summed E-state index contributed by atoms with van der Waals surface area (Å²) in [6.07, 6.45) is 8.46. The van der Waals surface area contributed by atoms with E-state index in [1.807, 2.05) is 37.1 Å². The van der Waals surface area contributed by atoms with Gasteiger partial charge in [-0.15, -0.1) is 0 Å². The number of amides is 1. The van der Waals surface area contributed by atoms with Crippen LogP contribution >= 0.6 is 23.1 Å². The number of hydrogen-bond acceptors (Lipinski definition) is 7. The first-order valence-electron chi connectivity index (χ1n) is 9.48. The van der Waals surface area contributed by atoms with Crippen molar-refractivity contribution in [1.29, 1.82) is 0 Å². The van der Waals surface area contributed by atoms with E-state index in [1.54, 1.807) is 35.4 Å². The van der Waals surface area contributed by atoms with E-state index >= 15 is 0 Å². The summed E-state index contributed by atoms with van der Waals surface area (Å²) in [4.78, 5) is 21.3. The van der Waals surface area contributed by atoms with Gasteiger partial charge in [-0.25, -0.2) is 9.13 Å². The fraction of sp³-hybridized carbons (Fsp3) is 0.100. The van der Waals surface area contributed by atoms with Crippen LogP contribution < -0.4 is 15.2 Å². The number of H-pyrrole nitrogens is 1. The molecule has 0 fully saturated rings. The van der Waals surface area contributed by atoms with Gasteiger partial charge in [-0.2, -0.15) is 14.5 Å². The molecule has 12 heteroatoms. The minimum atomic E-state index is -0.232. The maximum absolute atomic E-state index is 12.6. The Hall–Kier alpha value is -3.83. The summed E-state index contributed by atoms with van der Waals surface area (Å²) < 4.78 is 7.97. The van der Waals surface area contributed by atoms with Crippen LogP contribution in [0.3, 0.4) is 0 Å². The van der Waals surface area contributed by atoms with Crippen LogP contribution in [0.2, 0.25) is 5.02 Å². The third kappa shape index (κ3) is 3.79. The third-order valence-corrected chi connectivity index (χ3v) is 5.81. The number of rotatable bonds is 5. The number of aromatic amines is 1. The minimum absolute atomic E-state index is 0.232. The summed E-state index contributed by atoms with van der Waals surface area (Å²) >= 11 is 7.67. The molecule has 0 aliphatic carbocycles. The second-order valence-corrected chi connectivity index (χ2v) is 8.26. The van der Waals surface area contributed by atoms with Gasteiger partial charge in [0.25, 0.3) is 5.91 Å². The zero-order chi connectivity index (χ0) is 22.2. The number of anilines is 3. The molecule has 0 aliphatic rings. The van der Waals surface area contributed by atoms with Crippen molar-refractivity contribution in [1.82, 2.24) is 29.1 Å². The molecule has 1 amide bonds. The third-order valence-electron chi connectivity index (χ3n) is 4.77. The molecular formula is C20H17ClN9OS+. The topological polar surface area (TPSA) is 117 Å². The van der Waals surface area contributed by atoms with Crippen LogP contribution in [0.5, 0.6) is 0 Å². The van der Waals surface area contributed by atoms with Crippen LogP contribution in [-0.4, -0.2) is 35.0 Å². The van der Waals surface area contributed by atoms with E-state index in [2.05, 4.69) is 35.2 Å². The van der Waals surface area contributed by atoms with E-state index in [1.165, 1.54) is 11.5 Å². The molecule has 0 saturated carbocycles. The predicted molar refractivity (Wildman–Crippen MR) is 122 cm³/mol. The van der Waals surface area contributed by atoms with Gasteiger partial charge in [0.2, 0.25) is 17.2 Å². The van der Waals surface area contributed by atoms with Crippen molar-refractivity contribution < 1.29 is 9.36 Å². The van der Waals surface area contributed by atoms with Crippen LogP contribution in [0, 0.1) is 0 Å². The molecule has 10 nitrogen and oxygen atoms in total. The Bertz CT molecular complexity index is 1450. The van der Waals surface area contributed by atoms with Gasteiger partial charge in [0, 0.05) is 28.7 Å². The van der Waals surface area contributed by atoms with Crippen molar-refractivity contribution >= 4 is 56.4 Å². The number of imidazole rings is 1. The molecule has 0 radical (unpaired) electrons. The monoisotopic (exact) mass is 466 g/mol. The summed E-state index contributed by atoms with van der Waals surface area (Å²) in [5.41, 5.74) is 3.32. The number of carbonyl (C=O) groups is 1. The lowest BCUT2D eigenvalue weighted by molar-refractivity contribution is -0.671. The summed E-state index contributed by atoms with van der Waals surface area (Å²) in [6, 6.07) is 5.52. The first-order valence-corrected chi connectivity index (χ1v) is 10.6. The van der Waals surface area contributed by atoms with Gasteiger partial charge in [0.05, 0.1) is 48.4 Å². The lowest BCUT2D eigenvalue weighted by Crippen LogP contribution is -2.24. The van der Waals surface area contributed by atoms with E-state index in [0.29, 0.717) is 38.6 Å². The average molecular weight is 467 g/mol. The lowest BCUT2D eigenvalue weighted by atomic mass is 10.2. The molecular weight excluding hydrogens is 450 g/mol. The number of carbonyl (C=O) groups excluding carboxylic acids is 1. The fourth-order valence-electron chi connectivity index (χ4n) is 3.28. The molecule has 5 rings (SSSR count). The molecule has 0 bridgehead atoms. The first-order chi connectivity index (χ1) is 15.5. The Morgan fingerprint density at radius 2 is 2.16 bits per heavy atom. The van der Waals surface area contributed by atoms with Crippen molar-refractivity contribution in [2.75, 3.05) is 10.6 Å². The van der Waals surface area contributed by atoms with Gasteiger partial charge in [0.15, 0.2) is 5.82 Å². The molecule has 0 unspecified atom stereocenters. The summed E-state index contributed by atoms with van der Waals surface area (Å²) in [5.74, 6) is 0.261. The van der Waals surface area contributed by atoms with Gasteiger partial charge < -0.3 is 10.6 Å². The highest BCUT2D eigenvalue weighted by Crippen LogP contribution is 2.33. The highest BCUT2D eigenvalue weighted by molar-refractivity contribution is 7.10. The van der Waals surface area contributed by atoms with Crippen LogP contribution in [-0.2, 0) is 14.1 Å². The van der Waals surface area contributed by atoms with Gasteiger partial charge >= 0.3 is 0 Å². The smallest absolute Gasteiger partial charge is 0.299 e. The Morgan fingerprint density at radius 3 is 2.97 bits per heavy atom. The molecule has 0 aliphatic heterocycles. The summed E-state index contributed by atoms with van der Waals surface area (Å²) in [6.45, 7) is 0. The summed E-state index contributed by atoms with van der Waals surface area (Å²) in [7, 11) is 3.67. The molecule has 5 aromatic rings. The molecule has 0 atom stereocenters. The maximum Gasteiger partial charge on any atom is 0.299 e. The summed E-state index contributed by atoms with van der Waals surface area (Å²) in [5, 5.41) is 14.9. The number of hydrogen-bond donors (Lipinski definition) is 3. The largest absolute Gasteiger partial charge is 0.329 e. The van der Waals surface area contributed by atoms with Crippen molar-refractivity contribution in [2.24, 2.45) is 14.1 Å². The zero-order valence-corrected chi connectivity index (χ0v) is 18.6. The second kappa shape index (κ2) is 8.02. The molecule has 4 heterocycles. The van der Waals surface area contributed by atoms with Crippen LogP contribution in [0.1, 0.15) is 10.5 Å². The second-order valence-electron chi connectivity index (χ2n) is 7.13. The number of benzene rings is 1. The molecule has 160 valence electrons. The predicted octanol–water partition coefficient (Wildman–Crippen LogP) is 3.29. The molecule has 0 saturated heterocycles. The normalized spacial score (nSPS) is 11.1. The highest BCUT2D eigenvalue weighted by atomic mass is 35.5. The van der Waals surface area contributed by atoms with Crippen molar-refractivity contribution in [3.05, 3.63) is 60.0 Å². The van der Waals surface area contributed by atoms with E-state index in [4.69, 9.17) is 11.6 Å². The van der Waals surface area contributed by atoms with Gasteiger partial charge in [0.1, 0.15) is 6.20 Å². The Kier molecular flexibility index (Phi) is 5.04. The number of nitrogens with zero attached hydrogens (tertiary/aromatic N) is 6. The SMILES string of the molecule is Cn1c[n+](C)cc1C(=O)Nc1cncc(-c2nsc(Nc3ccc4[nH]ncc4c3Cl)n2)c1. The molecule has 32 heavy (non-hydrogen) atoms. The van der Waals surface area contributed by atoms with Crippen molar-refractivity contribution in [2.45, 2.75) is 0 Å². The molecule has 0 spiro atoms. The zero-order valence-electron chi connectivity index (χ0n) is 17.0. The van der Waals surface area contributed by atoms with E-state index in [0.717, 1.165) is 10.9 Å². The Labute approximate surface area is 191 Å². The van der Waals surface area contributed by atoms with Gasteiger partial charge in [-0.05, 0) is 18.2 Å². The number of halogens is 1. The van der Waals surface area contributed by atoms with Crippen LogP contribution in [0.4, 0.5) is 16.5 Å². The first kappa shape index (κ1) is 20.1. The van der Waals surface area contributed by atoms with E-state index in [9.17, 15) is 4.79 Å². The number of aromatic nitrogens is 7. The van der Waals surface area contributed by atoms with Crippen molar-refractivity contribution in [3.63, 3.8) is 0 Å². The van der Waals surface area contributed by atoms with Crippen LogP contribution in [0.15, 0.2) is 49.3 Å². The van der Waals surface area contributed by atoms with Crippen molar-refractivity contribution in [3.8, 4) is 11.4 Å². The Balaban J connectivity index is 1.35. The van der Waals surface area contributed by atoms with E-state index < -0.39 is 0 Å². The Morgan fingerprint density at radius 1 is 1.28 bits per heavy atom. The lowest BCUT2D eigenvalue weighted by Gasteiger charge is -2.05. The number of pyridine rings is 1. The molecule has 4 aromatic heterocycles. The molecule has 3 N–H and O–H groups in total. The average Bonchev–Trinajstić information content (AvgIpc) is 3.50. The van der Waals surface area contributed by atoms with E-state index in [-0.39, 0.29) is 5.91 Å².